The van der Waals surface area contributed by atoms with Crippen molar-refractivity contribution in [3.63, 3.8) is 0 Å². The van der Waals surface area contributed by atoms with Gasteiger partial charge < -0.3 is 9.47 Å². The Hall–Kier alpha value is -3.68. The zero-order valence-corrected chi connectivity index (χ0v) is 16.1. The SMILES string of the molecule is C=C1C=CC(N2Cc3c(F)cc(OCc4ccc(OC)cn4)cc3C2=O)=NN1C. The summed E-state index contributed by atoms with van der Waals surface area (Å²) in [5.74, 6) is 0.522. The number of likely N-dealkylation sites (N-methyl/N-ethyl adjacent to an activating group) is 1. The number of carbonyl (C=O) groups excluding carboxylic acids is 1. The maximum absolute atomic E-state index is 14.7. The molecule has 0 radical (unpaired) electrons. The van der Waals surface area contributed by atoms with E-state index in [-0.39, 0.29) is 30.4 Å². The highest BCUT2D eigenvalue weighted by Crippen LogP contribution is 2.31. The van der Waals surface area contributed by atoms with Crippen LogP contribution in [0.4, 0.5) is 4.39 Å². The van der Waals surface area contributed by atoms with E-state index >= 15 is 0 Å². The van der Waals surface area contributed by atoms with E-state index in [2.05, 4.69) is 16.7 Å². The molecule has 3 heterocycles. The fraction of sp³-hybridized carbons (Fsp3) is 0.190. The van der Waals surface area contributed by atoms with Crippen LogP contribution in [0.25, 0.3) is 0 Å². The molecule has 4 rings (SSSR count). The van der Waals surface area contributed by atoms with Crippen LogP contribution in [0.1, 0.15) is 21.6 Å². The summed E-state index contributed by atoms with van der Waals surface area (Å²) in [6.07, 6.45) is 5.02. The van der Waals surface area contributed by atoms with E-state index in [1.54, 1.807) is 55.7 Å². The molecule has 0 saturated heterocycles. The highest BCUT2D eigenvalue weighted by Gasteiger charge is 2.34. The summed E-state index contributed by atoms with van der Waals surface area (Å²) in [5, 5.41) is 5.89. The quantitative estimate of drug-likeness (QED) is 0.797. The monoisotopic (exact) mass is 394 g/mol. The summed E-state index contributed by atoms with van der Waals surface area (Å²) < 4.78 is 25.4. The Balaban J connectivity index is 1.52. The van der Waals surface area contributed by atoms with Crippen LogP contribution in [0.15, 0.2) is 60.0 Å². The second-order valence-electron chi connectivity index (χ2n) is 6.61. The molecule has 0 unspecified atom stereocenters. The minimum Gasteiger partial charge on any atom is -0.495 e. The lowest BCUT2D eigenvalue weighted by Gasteiger charge is -2.23. The molecule has 2 aliphatic rings. The third kappa shape index (κ3) is 3.56. The van der Waals surface area contributed by atoms with Gasteiger partial charge in [0.05, 0.1) is 36.8 Å². The second kappa shape index (κ2) is 7.38. The average Bonchev–Trinajstić information content (AvgIpc) is 3.06. The predicted octanol–water partition coefficient (Wildman–Crippen LogP) is 3.09. The molecule has 1 aromatic carbocycles. The van der Waals surface area contributed by atoms with Crippen LogP contribution in [-0.2, 0) is 13.2 Å². The zero-order chi connectivity index (χ0) is 20.5. The van der Waals surface area contributed by atoms with Gasteiger partial charge in [-0.15, -0.1) is 0 Å². The van der Waals surface area contributed by atoms with Crippen LogP contribution in [0, 0.1) is 5.82 Å². The molecular formula is C21H19FN4O3. The van der Waals surface area contributed by atoms with Crippen LogP contribution in [0.5, 0.6) is 11.5 Å². The van der Waals surface area contributed by atoms with Gasteiger partial charge in [0.25, 0.3) is 5.91 Å². The minimum atomic E-state index is -0.491. The van der Waals surface area contributed by atoms with Gasteiger partial charge >= 0.3 is 0 Å². The molecule has 7 nitrogen and oxygen atoms in total. The number of fused-ring (bicyclic) bond motifs is 1. The summed E-state index contributed by atoms with van der Waals surface area (Å²) >= 11 is 0. The Morgan fingerprint density at radius 3 is 2.76 bits per heavy atom. The molecule has 0 saturated carbocycles. The number of carbonyl (C=O) groups is 1. The predicted molar refractivity (Wildman–Crippen MR) is 105 cm³/mol. The van der Waals surface area contributed by atoms with E-state index in [9.17, 15) is 9.18 Å². The number of hydrogen-bond acceptors (Lipinski definition) is 6. The third-order valence-corrected chi connectivity index (χ3v) is 4.75. The third-order valence-electron chi connectivity index (χ3n) is 4.75. The Morgan fingerprint density at radius 1 is 1.24 bits per heavy atom. The number of rotatable bonds is 4. The fourth-order valence-corrected chi connectivity index (χ4v) is 3.06. The maximum atomic E-state index is 14.7. The van der Waals surface area contributed by atoms with E-state index in [4.69, 9.17) is 9.47 Å². The van der Waals surface area contributed by atoms with Crippen molar-refractivity contribution in [2.75, 3.05) is 14.2 Å². The first-order valence-electron chi connectivity index (χ1n) is 8.91. The molecule has 0 fully saturated rings. The highest BCUT2D eigenvalue weighted by atomic mass is 19.1. The molecule has 0 atom stereocenters. The largest absolute Gasteiger partial charge is 0.495 e. The van der Waals surface area contributed by atoms with Crippen molar-refractivity contribution in [1.82, 2.24) is 14.9 Å². The highest BCUT2D eigenvalue weighted by molar-refractivity contribution is 6.13. The summed E-state index contributed by atoms with van der Waals surface area (Å²) in [7, 11) is 3.29. The molecule has 2 aromatic rings. The van der Waals surface area contributed by atoms with E-state index in [1.165, 1.54) is 11.0 Å². The number of hydrazone groups is 1. The number of hydrogen-bond donors (Lipinski definition) is 0. The summed E-state index contributed by atoms with van der Waals surface area (Å²) in [4.78, 5) is 18.5. The minimum absolute atomic E-state index is 0.115. The van der Waals surface area contributed by atoms with Gasteiger partial charge in [0.2, 0.25) is 0 Å². The van der Waals surface area contributed by atoms with E-state index in [0.717, 1.165) is 0 Å². The lowest BCUT2D eigenvalue weighted by Crippen LogP contribution is -2.33. The fourth-order valence-electron chi connectivity index (χ4n) is 3.06. The number of amides is 1. The summed E-state index contributed by atoms with van der Waals surface area (Å²) in [6, 6.07) is 6.36. The van der Waals surface area contributed by atoms with Gasteiger partial charge in [-0.05, 0) is 30.4 Å². The Labute approximate surface area is 167 Å². The van der Waals surface area contributed by atoms with Crippen LogP contribution in [0.2, 0.25) is 0 Å². The van der Waals surface area contributed by atoms with E-state index in [0.29, 0.717) is 28.5 Å². The molecule has 0 N–H and O–H groups in total. The normalized spacial score (nSPS) is 15.5. The van der Waals surface area contributed by atoms with Gasteiger partial charge in [-0.25, -0.2) is 4.39 Å². The van der Waals surface area contributed by atoms with Gasteiger partial charge in [0.1, 0.15) is 23.9 Å². The standard InChI is InChI=1S/C21H19FN4O3/c1-13-4-7-20(24-25(13)2)26-11-18-17(21(26)27)8-16(9-19(18)22)29-12-14-5-6-15(28-3)10-23-14/h4-10H,1,11-12H2,2-3H3. The van der Waals surface area contributed by atoms with Crippen LogP contribution in [0.3, 0.4) is 0 Å². The Bertz CT molecular complexity index is 1050. The first kappa shape index (κ1) is 18.7. The topological polar surface area (TPSA) is 67.3 Å². The molecular weight excluding hydrogens is 375 g/mol. The van der Waals surface area contributed by atoms with Crippen molar-refractivity contribution in [2.45, 2.75) is 13.2 Å². The van der Waals surface area contributed by atoms with Crippen molar-refractivity contribution >= 4 is 11.7 Å². The number of methoxy groups -OCH3 is 1. The molecule has 8 heteroatoms. The molecule has 0 aliphatic carbocycles. The number of halogens is 1. The molecule has 29 heavy (non-hydrogen) atoms. The number of benzene rings is 1. The first-order chi connectivity index (χ1) is 14.0. The van der Waals surface area contributed by atoms with Crippen LogP contribution < -0.4 is 9.47 Å². The van der Waals surface area contributed by atoms with Crippen molar-refractivity contribution < 1.29 is 18.7 Å². The molecule has 1 aromatic heterocycles. The van der Waals surface area contributed by atoms with Gasteiger partial charge in [-0.3, -0.25) is 19.7 Å². The van der Waals surface area contributed by atoms with Crippen molar-refractivity contribution in [3.8, 4) is 11.5 Å². The molecule has 0 bridgehead atoms. The molecule has 1 amide bonds. The maximum Gasteiger partial charge on any atom is 0.260 e. The molecule has 148 valence electrons. The lowest BCUT2D eigenvalue weighted by molar-refractivity contribution is 0.0864. The average molecular weight is 394 g/mol. The number of aromatic nitrogens is 1. The lowest BCUT2D eigenvalue weighted by atomic mass is 10.1. The zero-order valence-electron chi connectivity index (χ0n) is 16.1. The number of allylic oxidation sites excluding steroid dienone is 1. The molecule has 0 spiro atoms. The summed E-state index contributed by atoms with van der Waals surface area (Å²) in [5.41, 5.74) is 1.95. The van der Waals surface area contributed by atoms with Gasteiger partial charge in [-0.2, -0.15) is 5.10 Å². The molecule has 2 aliphatic heterocycles. The van der Waals surface area contributed by atoms with Crippen LogP contribution in [-0.4, -0.2) is 40.8 Å². The number of amidine groups is 1. The number of nitrogens with zero attached hydrogens (tertiary/aromatic N) is 4. The first-order valence-corrected chi connectivity index (χ1v) is 8.91. The van der Waals surface area contributed by atoms with Crippen molar-refractivity contribution in [2.24, 2.45) is 5.10 Å². The van der Waals surface area contributed by atoms with E-state index < -0.39 is 5.82 Å². The Morgan fingerprint density at radius 2 is 2.07 bits per heavy atom. The second-order valence-corrected chi connectivity index (χ2v) is 6.61. The van der Waals surface area contributed by atoms with Crippen LogP contribution >= 0.6 is 0 Å². The van der Waals surface area contributed by atoms with Crippen molar-refractivity contribution in [1.29, 1.82) is 0 Å². The van der Waals surface area contributed by atoms with Gasteiger partial charge in [0.15, 0.2) is 5.84 Å². The number of ether oxygens (including phenoxy) is 2. The van der Waals surface area contributed by atoms with Gasteiger partial charge in [-0.1, -0.05) is 6.58 Å². The number of pyridine rings is 1. The Kier molecular flexibility index (Phi) is 4.75. The summed E-state index contributed by atoms with van der Waals surface area (Å²) in [6.45, 7) is 4.09. The van der Waals surface area contributed by atoms with Gasteiger partial charge in [0, 0.05) is 18.7 Å². The van der Waals surface area contributed by atoms with E-state index in [1.807, 2.05) is 0 Å². The smallest absolute Gasteiger partial charge is 0.260 e. The van der Waals surface area contributed by atoms with Crippen molar-refractivity contribution in [3.05, 3.63) is 77.5 Å².